The number of methoxy groups -OCH3 is 3. The van der Waals surface area contributed by atoms with E-state index < -0.39 is 0 Å². The summed E-state index contributed by atoms with van der Waals surface area (Å²) in [6.07, 6.45) is 0. The SMILES string of the molecule is CNC(C)(C)C(N)c1cc(OC)c(OC)cc1OC. The average Bonchev–Trinajstić information content (AvgIpc) is 2.44. The number of benzene rings is 1. The maximum Gasteiger partial charge on any atom is 0.164 e. The minimum absolute atomic E-state index is 0.243. The number of hydrogen-bond acceptors (Lipinski definition) is 5. The van der Waals surface area contributed by atoms with Gasteiger partial charge in [0.05, 0.1) is 27.4 Å². The van der Waals surface area contributed by atoms with Crippen LogP contribution in [0.4, 0.5) is 0 Å². The minimum atomic E-state index is -0.271. The molecule has 0 bridgehead atoms. The second-order valence-electron chi connectivity index (χ2n) is 4.90. The van der Waals surface area contributed by atoms with Crippen LogP contribution in [0.5, 0.6) is 17.2 Å². The summed E-state index contributed by atoms with van der Waals surface area (Å²) in [6.45, 7) is 4.07. The normalized spacial score (nSPS) is 13.0. The summed E-state index contributed by atoms with van der Waals surface area (Å²) in [5.41, 5.74) is 6.94. The molecule has 108 valence electrons. The van der Waals surface area contributed by atoms with E-state index in [1.165, 1.54) is 0 Å². The van der Waals surface area contributed by atoms with Crippen LogP contribution in [0.15, 0.2) is 12.1 Å². The van der Waals surface area contributed by atoms with Crippen LogP contribution >= 0.6 is 0 Å². The van der Waals surface area contributed by atoms with Gasteiger partial charge in [-0.2, -0.15) is 0 Å². The first-order valence-corrected chi connectivity index (χ1v) is 6.15. The molecule has 0 fully saturated rings. The molecule has 1 atom stereocenters. The van der Waals surface area contributed by atoms with Crippen LogP contribution in [0.1, 0.15) is 25.5 Å². The van der Waals surface area contributed by atoms with Crippen LogP contribution in [0.25, 0.3) is 0 Å². The third-order valence-corrected chi connectivity index (χ3v) is 3.49. The fourth-order valence-corrected chi connectivity index (χ4v) is 1.84. The Morgan fingerprint density at radius 1 is 1.00 bits per heavy atom. The Kier molecular flexibility index (Phi) is 5.03. The Bertz CT molecular complexity index is 433. The third-order valence-electron chi connectivity index (χ3n) is 3.49. The van der Waals surface area contributed by atoms with Crippen molar-refractivity contribution in [2.24, 2.45) is 5.73 Å². The van der Waals surface area contributed by atoms with Crippen molar-refractivity contribution in [3.05, 3.63) is 17.7 Å². The van der Waals surface area contributed by atoms with Crippen LogP contribution in [-0.4, -0.2) is 33.9 Å². The molecule has 5 nitrogen and oxygen atoms in total. The lowest BCUT2D eigenvalue weighted by Crippen LogP contribution is -2.46. The molecule has 1 aromatic rings. The molecule has 0 saturated carbocycles. The number of ether oxygens (including phenoxy) is 3. The van der Waals surface area contributed by atoms with Crippen LogP contribution in [0, 0.1) is 0 Å². The smallest absolute Gasteiger partial charge is 0.164 e. The van der Waals surface area contributed by atoms with E-state index >= 15 is 0 Å². The van der Waals surface area contributed by atoms with E-state index in [2.05, 4.69) is 5.32 Å². The van der Waals surface area contributed by atoms with Gasteiger partial charge in [0, 0.05) is 17.2 Å². The Hall–Kier alpha value is -1.46. The molecule has 1 aromatic carbocycles. The van der Waals surface area contributed by atoms with E-state index in [1.54, 1.807) is 27.4 Å². The van der Waals surface area contributed by atoms with E-state index in [-0.39, 0.29) is 11.6 Å². The largest absolute Gasteiger partial charge is 0.496 e. The topological polar surface area (TPSA) is 65.7 Å². The van der Waals surface area contributed by atoms with Crippen molar-refractivity contribution >= 4 is 0 Å². The van der Waals surface area contributed by atoms with Crippen molar-refractivity contribution in [3.8, 4) is 17.2 Å². The lowest BCUT2D eigenvalue weighted by Gasteiger charge is -2.32. The number of hydrogen-bond donors (Lipinski definition) is 2. The molecule has 0 aliphatic heterocycles. The molecule has 0 aliphatic carbocycles. The highest BCUT2D eigenvalue weighted by molar-refractivity contribution is 5.52. The molecule has 0 spiro atoms. The van der Waals surface area contributed by atoms with E-state index in [0.717, 1.165) is 5.56 Å². The zero-order valence-corrected chi connectivity index (χ0v) is 12.5. The molecule has 0 amide bonds. The number of rotatable bonds is 6. The molecule has 3 N–H and O–H groups in total. The van der Waals surface area contributed by atoms with Gasteiger partial charge in [0.25, 0.3) is 0 Å². The fourth-order valence-electron chi connectivity index (χ4n) is 1.84. The van der Waals surface area contributed by atoms with Crippen LogP contribution in [-0.2, 0) is 0 Å². The molecule has 19 heavy (non-hydrogen) atoms. The molecule has 0 saturated heterocycles. The average molecular weight is 268 g/mol. The summed E-state index contributed by atoms with van der Waals surface area (Å²) in [6, 6.07) is 3.41. The van der Waals surface area contributed by atoms with Gasteiger partial charge in [-0.25, -0.2) is 0 Å². The van der Waals surface area contributed by atoms with Crippen molar-refractivity contribution < 1.29 is 14.2 Å². The minimum Gasteiger partial charge on any atom is -0.496 e. The van der Waals surface area contributed by atoms with Gasteiger partial charge in [-0.05, 0) is 27.0 Å². The highest BCUT2D eigenvalue weighted by atomic mass is 16.5. The quantitative estimate of drug-likeness (QED) is 0.822. The summed E-state index contributed by atoms with van der Waals surface area (Å²) in [5, 5.41) is 3.20. The molecule has 0 aliphatic rings. The molecule has 0 radical (unpaired) electrons. The summed E-state index contributed by atoms with van der Waals surface area (Å²) >= 11 is 0. The van der Waals surface area contributed by atoms with Crippen molar-refractivity contribution in [2.45, 2.75) is 25.4 Å². The van der Waals surface area contributed by atoms with Crippen molar-refractivity contribution in [3.63, 3.8) is 0 Å². The molecule has 1 rings (SSSR count). The van der Waals surface area contributed by atoms with E-state index in [1.807, 2.05) is 27.0 Å². The second kappa shape index (κ2) is 6.12. The summed E-state index contributed by atoms with van der Waals surface area (Å²) in [4.78, 5) is 0. The van der Waals surface area contributed by atoms with Crippen LogP contribution < -0.4 is 25.3 Å². The molecular weight excluding hydrogens is 244 g/mol. The maximum absolute atomic E-state index is 6.34. The highest BCUT2D eigenvalue weighted by Gasteiger charge is 2.29. The van der Waals surface area contributed by atoms with Crippen LogP contribution in [0.2, 0.25) is 0 Å². The Morgan fingerprint density at radius 3 is 1.89 bits per heavy atom. The van der Waals surface area contributed by atoms with Gasteiger partial charge in [0.15, 0.2) is 11.5 Å². The number of nitrogens with one attached hydrogen (secondary N) is 1. The maximum atomic E-state index is 6.34. The number of nitrogens with two attached hydrogens (primary N) is 1. The Balaban J connectivity index is 3.33. The second-order valence-corrected chi connectivity index (χ2v) is 4.90. The summed E-state index contributed by atoms with van der Waals surface area (Å²) < 4.78 is 16.0. The lowest BCUT2D eigenvalue weighted by molar-refractivity contribution is 0.323. The van der Waals surface area contributed by atoms with E-state index in [9.17, 15) is 0 Å². The number of likely N-dealkylation sites (N-methyl/N-ethyl adjacent to an activating group) is 1. The van der Waals surface area contributed by atoms with Gasteiger partial charge in [-0.15, -0.1) is 0 Å². The fraction of sp³-hybridized carbons (Fsp3) is 0.571. The first-order chi connectivity index (χ1) is 8.91. The van der Waals surface area contributed by atoms with Gasteiger partial charge in [-0.1, -0.05) is 0 Å². The third kappa shape index (κ3) is 3.11. The summed E-state index contributed by atoms with van der Waals surface area (Å²) in [5.74, 6) is 1.95. The first-order valence-electron chi connectivity index (χ1n) is 6.15. The molecule has 1 unspecified atom stereocenters. The molecule has 5 heteroatoms. The molecular formula is C14H24N2O3. The van der Waals surface area contributed by atoms with Crippen molar-refractivity contribution in [1.82, 2.24) is 5.32 Å². The van der Waals surface area contributed by atoms with Gasteiger partial charge in [-0.3, -0.25) is 0 Å². The Labute approximate surface area is 115 Å². The van der Waals surface area contributed by atoms with Gasteiger partial charge >= 0.3 is 0 Å². The van der Waals surface area contributed by atoms with Gasteiger partial charge < -0.3 is 25.3 Å². The first kappa shape index (κ1) is 15.6. The van der Waals surface area contributed by atoms with E-state index in [0.29, 0.717) is 17.2 Å². The van der Waals surface area contributed by atoms with Crippen LogP contribution in [0.3, 0.4) is 0 Å². The van der Waals surface area contributed by atoms with Crippen molar-refractivity contribution in [2.75, 3.05) is 28.4 Å². The molecule has 0 heterocycles. The lowest BCUT2D eigenvalue weighted by atomic mass is 9.88. The predicted octanol–water partition coefficient (Wildman–Crippen LogP) is 1.71. The molecule has 0 aromatic heterocycles. The summed E-state index contributed by atoms with van der Waals surface area (Å²) in [7, 11) is 6.69. The standard InChI is InChI=1S/C14H24N2O3/c1-14(2,16-3)13(15)9-7-11(18-5)12(19-6)8-10(9)17-4/h7-8,13,16H,15H2,1-6H3. The monoisotopic (exact) mass is 268 g/mol. The zero-order chi connectivity index (χ0) is 14.6. The van der Waals surface area contributed by atoms with E-state index in [4.69, 9.17) is 19.9 Å². The zero-order valence-electron chi connectivity index (χ0n) is 12.5. The highest BCUT2D eigenvalue weighted by Crippen LogP contribution is 2.39. The Morgan fingerprint density at radius 2 is 1.47 bits per heavy atom. The van der Waals surface area contributed by atoms with Crippen molar-refractivity contribution in [1.29, 1.82) is 0 Å². The predicted molar refractivity (Wildman–Crippen MR) is 76.2 cm³/mol. The van der Waals surface area contributed by atoms with Gasteiger partial charge in [0.1, 0.15) is 5.75 Å². The van der Waals surface area contributed by atoms with Gasteiger partial charge in [0.2, 0.25) is 0 Å².